The number of fused-ring (bicyclic) bond motifs is 1. The highest BCUT2D eigenvalue weighted by Crippen LogP contribution is 2.22. The molecule has 0 unspecified atom stereocenters. The molecule has 0 aliphatic heterocycles. The maximum absolute atomic E-state index is 8.84. The lowest BCUT2D eigenvalue weighted by atomic mass is 10.1. The predicted molar refractivity (Wildman–Crippen MR) is 54.3 cm³/mol. The lowest BCUT2D eigenvalue weighted by Gasteiger charge is -1.98. The molecule has 0 saturated heterocycles. The van der Waals surface area contributed by atoms with Crippen LogP contribution in [0, 0.1) is 13.8 Å². The third-order valence-electron chi connectivity index (χ3n) is 2.51. The molecular formula is C11H13NO2. The van der Waals surface area contributed by atoms with Gasteiger partial charge < -0.3 is 9.63 Å². The summed E-state index contributed by atoms with van der Waals surface area (Å²) in [6.45, 7) is 4.21. The van der Waals surface area contributed by atoms with E-state index in [4.69, 9.17) is 9.63 Å². The Balaban J connectivity index is 2.61. The van der Waals surface area contributed by atoms with Gasteiger partial charge in [-0.1, -0.05) is 5.16 Å². The smallest absolute Gasteiger partial charge is 0.167 e. The number of benzene rings is 1. The van der Waals surface area contributed by atoms with Crippen LogP contribution in [0.15, 0.2) is 16.7 Å². The van der Waals surface area contributed by atoms with Crippen molar-refractivity contribution in [1.82, 2.24) is 5.16 Å². The Morgan fingerprint density at radius 3 is 2.71 bits per heavy atom. The summed E-state index contributed by atoms with van der Waals surface area (Å²) < 4.78 is 5.18. The van der Waals surface area contributed by atoms with Crippen molar-refractivity contribution < 1.29 is 9.63 Å². The van der Waals surface area contributed by atoms with E-state index < -0.39 is 0 Å². The first-order chi connectivity index (χ1) is 6.72. The zero-order chi connectivity index (χ0) is 10.1. The van der Waals surface area contributed by atoms with Gasteiger partial charge in [-0.2, -0.15) is 0 Å². The van der Waals surface area contributed by atoms with E-state index in [2.05, 4.69) is 18.1 Å². The molecule has 3 heteroatoms. The van der Waals surface area contributed by atoms with E-state index in [0.29, 0.717) is 6.42 Å². The van der Waals surface area contributed by atoms with Gasteiger partial charge in [-0.3, -0.25) is 0 Å². The van der Waals surface area contributed by atoms with Crippen LogP contribution in [-0.4, -0.2) is 16.9 Å². The molecule has 0 atom stereocenters. The van der Waals surface area contributed by atoms with E-state index in [1.807, 2.05) is 13.0 Å². The summed E-state index contributed by atoms with van der Waals surface area (Å²) in [6, 6.07) is 4.05. The lowest BCUT2D eigenvalue weighted by molar-refractivity contribution is 0.295. The summed E-state index contributed by atoms with van der Waals surface area (Å²) in [5, 5.41) is 13.8. The number of aliphatic hydroxyl groups excluding tert-OH is 1. The van der Waals surface area contributed by atoms with Crippen LogP contribution in [-0.2, 0) is 6.42 Å². The number of aryl methyl sites for hydroxylation is 2. The first kappa shape index (κ1) is 9.21. The van der Waals surface area contributed by atoms with E-state index in [-0.39, 0.29) is 6.61 Å². The number of hydrogen-bond donors (Lipinski definition) is 1. The fourth-order valence-corrected chi connectivity index (χ4v) is 1.53. The minimum Gasteiger partial charge on any atom is -0.396 e. The van der Waals surface area contributed by atoms with Gasteiger partial charge in [-0.25, -0.2) is 0 Å². The van der Waals surface area contributed by atoms with Crippen molar-refractivity contribution in [3.63, 3.8) is 0 Å². The summed E-state index contributed by atoms with van der Waals surface area (Å²) in [4.78, 5) is 0. The van der Waals surface area contributed by atoms with Crippen LogP contribution in [0.1, 0.15) is 16.8 Å². The normalized spacial score (nSPS) is 11.1. The van der Waals surface area contributed by atoms with Gasteiger partial charge in [0.2, 0.25) is 0 Å². The highest BCUT2D eigenvalue weighted by atomic mass is 16.5. The summed E-state index contributed by atoms with van der Waals surface area (Å²) in [5.74, 6) is 0. The van der Waals surface area contributed by atoms with Crippen molar-refractivity contribution in [2.45, 2.75) is 20.3 Å². The minimum atomic E-state index is 0.106. The second-order valence-electron chi connectivity index (χ2n) is 3.54. The fraction of sp³-hybridized carbons (Fsp3) is 0.364. The third-order valence-corrected chi connectivity index (χ3v) is 2.51. The molecule has 1 aromatic heterocycles. The van der Waals surface area contributed by atoms with Crippen LogP contribution in [0.5, 0.6) is 0 Å². The van der Waals surface area contributed by atoms with Gasteiger partial charge in [0.25, 0.3) is 0 Å². The first-order valence-corrected chi connectivity index (χ1v) is 4.68. The molecule has 1 heterocycles. The zero-order valence-electron chi connectivity index (χ0n) is 8.37. The van der Waals surface area contributed by atoms with Gasteiger partial charge in [0, 0.05) is 18.4 Å². The van der Waals surface area contributed by atoms with Crippen molar-refractivity contribution in [2.24, 2.45) is 0 Å². The molecule has 2 aromatic rings. The summed E-state index contributed by atoms with van der Waals surface area (Å²) >= 11 is 0. The lowest BCUT2D eigenvalue weighted by Crippen LogP contribution is -1.91. The predicted octanol–water partition coefficient (Wildman–Crippen LogP) is 1.98. The molecule has 1 aromatic carbocycles. The van der Waals surface area contributed by atoms with Gasteiger partial charge in [0.05, 0.1) is 5.69 Å². The van der Waals surface area contributed by atoms with E-state index in [9.17, 15) is 0 Å². The van der Waals surface area contributed by atoms with Crippen LogP contribution >= 0.6 is 0 Å². The molecule has 14 heavy (non-hydrogen) atoms. The highest BCUT2D eigenvalue weighted by Gasteiger charge is 2.08. The third kappa shape index (κ3) is 1.40. The van der Waals surface area contributed by atoms with Crippen LogP contribution < -0.4 is 0 Å². The second-order valence-corrected chi connectivity index (χ2v) is 3.54. The van der Waals surface area contributed by atoms with Gasteiger partial charge >= 0.3 is 0 Å². The topological polar surface area (TPSA) is 46.3 Å². The molecule has 3 nitrogen and oxygen atoms in total. The number of nitrogens with zero attached hydrogens (tertiary/aromatic N) is 1. The van der Waals surface area contributed by atoms with E-state index in [1.165, 1.54) is 11.1 Å². The summed E-state index contributed by atoms with van der Waals surface area (Å²) in [5.41, 5.74) is 4.06. The number of hydrogen-bond acceptors (Lipinski definition) is 3. The largest absolute Gasteiger partial charge is 0.396 e. The maximum atomic E-state index is 8.84. The van der Waals surface area contributed by atoms with Gasteiger partial charge in [0.1, 0.15) is 0 Å². The van der Waals surface area contributed by atoms with Gasteiger partial charge in [0.15, 0.2) is 5.58 Å². The molecule has 2 rings (SSSR count). The quantitative estimate of drug-likeness (QED) is 0.789. The van der Waals surface area contributed by atoms with Crippen molar-refractivity contribution in [3.8, 4) is 0 Å². The Kier molecular flexibility index (Phi) is 2.25. The molecule has 0 fully saturated rings. The monoisotopic (exact) mass is 191 g/mol. The number of rotatable bonds is 2. The Morgan fingerprint density at radius 1 is 1.29 bits per heavy atom. The Bertz CT molecular complexity index is 460. The van der Waals surface area contributed by atoms with Crippen LogP contribution in [0.4, 0.5) is 0 Å². The van der Waals surface area contributed by atoms with E-state index in [1.54, 1.807) is 0 Å². The number of aromatic nitrogens is 1. The second kappa shape index (κ2) is 3.42. The Morgan fingerprint density at radius 2 is 2.00 bits per heavy atom. The molecule has 0 bridgehead atoms. The van der Waals surface area contributed by atoms with Gasteiger partial charge in [-0.15, -0.1) is 0 Å². The molecular weight excluding hydrogens is 178 g/mol. The van der Waals surface area contributed by atoms with Gasteiger partial charge in [-0.05, 0) is 37.1 Å². The molecule has 0 saturated carbocycles. The van der Waals surface area contributed by atoms with Crippen LogP contribution in [0.25, 0.3) is 11.0 Å². The van der Waals surface area contributed by atoms with Crippen molar-refractivity contribution in [2.75, 3.05) is 6.61 Å². The molecule has 0 aliphatic carbocycles. The molecule has 0 amide bonds. The van der Waals surface area contributed by atoms with Crippen molar-refractivity contribution in [3.05, 3.63) is 29.0 Å². The van der Waals surface area contributed by atoms with Crippen molar-refractivity contribution >= 4 is 11.0 Å². The highest BCUT2D eigenvalue weighted by molar-refractivity contribution is 5.81. The SMILES string of the molecule is Cc1cc2onc(CCO)c2cc1C. The number of aliphatic hydroxyl groups is 1. The summed E-state index contributed by atoms with van der Waals surface area (Å²) in [7, 11) is 0. The van der Waals surface area contributed by atoms with Crippen molar-refractivity contribution in [1.29, 1.82) is 0 Å². The van der Waals surface area contributed by atoms with Crippen LogP contribution in [0.2, 0.25) is 0 Å². The Hall–Kier alpha value is -1.35. The zero-order valence-corrected chi connectivity index (χ0v) is 8.37. The minimum absolute atomic E-state index is 0.106. The molecule has 0 aliphatic rings. The van der Waals surface area contributed by atoms with E-state index in [0.717, 1.165) is 16.7 Å². The molecule has 1 N–H and O–H groups in total. The average molecular weight is 191 g/mol. The summed E-state index contributed by atoms with van der Waals surface area (Å²) in [6.07, 6.45) is 0.551. The van der Waals surface area contributed by atoms with Crippen LogP contribution in [0.3, 0.4) is 0 Å². The molecule has 0 radical (unpaired) electrons. The Labute approximate surface area is 82.3 Å². The van der Waals surface area contributed by atoms with E-state index >= 15 is 0 Å². The average Bonchev–Trinajstić information content (AvgIpc) is 2.51. The first-order valence-electron chi connectivity index (χ1n) is 4.68. The fourth-order valence-electron chi connectivity index (χ4n) is 1.53. The molecule has 0 spiro atoms. The standard InChI is InChI=1S/C11H13NO2/c1-7-5-9-10(3-4-13)12-14-11(9)6-8(7)2/h5-6,13H,3-4H2,1-2H3. The molecule has 74 valence electrons. The maximum Gasteiger partial charge on any atom is 0.167 e.